The summed E-state index contributed by atoms with van der Waals surface area (Å²) in [4.78, 5) is 2.50. The molecular weight excluding hydrogens is 134 g/mol. The van der Waals surface area contributed by atoms with Crippen molar-refractivity contribution in [2.75, 3.05) is 7.05 Å². The summed E-state index contributed by atoms with van der Waals surface area (Å²) in [5.74, 6) is 0. The Balaban J connectivity index is 2.34. The maximum Gasteiger partial charge on any atom is 0.0357 e. The quantitative estimate of drug-likeness (QED) is 0.479. The Morgan fingerprint density at radius 1 is 1.55 bits per heavy atom. The number of fused-ring (bicyclic) bond motifs is 2. The average molecular weight is 151 g/mol. The summed E-state index contributed by atoms with van der Waals surface area (Å²) in [6.07, 6.45) is 2.60. The number of hydrogen-bond donors (Lipinski definition) is 0. The molecule has 11 heavy (non-hydrogen) atoms. The fourth-order valence-electron chi connectivity index (χ4n) is 3.10. The smallest absolute Gasteiger partial charge is 0.0357 e. The van der Waals surface area contributed by atoms with Gasteiger partial charge in [0.25, 0.3) is 0 Å². The maximum atomic E-state index is 4.14. The van der Waals surface area contributed by atoms with E-state index >= 15 is 0 Å². The lowest BCUT2D eigenvalue weighted by Crippen LogP contribution is -2.32. The van der Waals surface area contributed by atoms with Crippen LogP contribution in [0.1, 0.15) is 26.7 Å². The summed E-state index contributed by atoms with van der Waals surface area (Å²) < 4.78 is 0. The van der Waals surface area contributed by atoms with Crippen LogP contribution in [0.5, 0.6) is 0 Å². The zero-order valence-electron chi connectivity index (χ0n) is 7.72. The summed E-state index contributed by atoms with van der Waals surface area (Å²) in [5.41, 5.74) is 1.93. The molecule has 0 aliphatic carbocycles. The van der Waals surface area contributed by atoms with Crippen LogP contribution in [-0.4, -0.2) is 24.0 Å². The predicted octanol–water partition coefficient (Wildman–Crippen LogP) is 2.05. The predicted molar refractivity (Wildman–Crippen MR) is 47.5 cm³/mol. The topological polar surface area (TPSA) is 3.24 Å². The van der Waals surface area contributed by atoms with Gasteiger partial charge in [0.1, 0.15) is 0 Å². The first-order chi connectivity index (χ1) is 5.02. The lowest BCUT2D eigenvalue weighted by molar-refractivity contribution is 0.260. The third-order valence-electron chi connectivity index (χ3n) is 3.37. The Morgan fingerprint density at radius 2 is 2.18 bits per heavy atom. The molecule has 62 valence electrons. The minimum atomic E-state index is 0.481. The number of hydrogen-bond acceptors (Lipinski definition) is 1. The third kappa shape index (κ3) is 0.807. The van der Waals surface area contributed by atoms with Gasteiger partial charge in [-0.3, -0.25) is 4.90 Å². The van der Waals surface area contributed by atoms with E-state index in [-0.39, 0.29) is 0 Å². The van der Waals surface area contributed by atoms with E-state index in [4.69, 9.17) is 0 Å². The Bertz CT molecular complexity index is 205. The molecule has 0 N–H and O–H groups in total. The minimum absolute atomic E-state index is 0.481. The van der Waals surface area contributed by atoms with E-state index in [0.29, 0.717) is 11.5 Å². The molecule has 2 atom stereocenters. The summed E-state index contributed by atoms with van der Waals surface area (Å²) in [7, 11) is 2.24. The molecule has 2 bridgehead atoms. The van der Waals surface area contributed by atoms with Crippen molar-refractivity contribution in [2.24, 2.45) is 5.41 Å². The first-order valence-corrected chi connectivity index (χ1v) is 4.42. The highest BCUT2D eigenvalue weighted by Crippen LogP contribution is 2.50. The van der Waals surface area contributed by atoms with E-state index in [1.807, 2.05) is 0 Å². The van der Waals surface area contributed by atoms with Crippen LogP contribution in [0.15, 0.2) is 12.2 Å². The van der Waals surface area contributed by atoms with Gasteiger partial charge >= 0.3 is 0 Å². The molecule has 2 unspecified atom stereocenters. The van der Waals surface area contributed by atoms with Crippen molar-refractivity contribution >= 4 is 0 Å². The van der Waals surface area contributed by atoms with Crippen LogP contribution in [0.2, 0.25) is 0 Å². The maximum absolute atomic E-state index is 4.14. The molecule has 0 radical (unpaired) electrons. The molecule has 0 aromatic rings. The van der Waals surface area contributed by atoms with E-state index in [1.54, 1.807) is 0 Å². The van der Waals surface area contributed by atoms with Crippen LogP contribution in [-0.2, 0) is 0 Å². The van der Waals surface area contributed by atoms with Crippen LogP contribution >= 0.6 is 0 Å². The van der Waals surface area contributed by atoms with Crippen molar-refractivity contribution in [1.82, 2.24) is 4.90 Å². The molecule has 1 heteroatoms. The van der Waals surface area contributed by atoms with Gasteiger partial charge in [-0.25, -0.2) is 0 Å². The SMILES string of the molecule is C=C1CC2CC(C)(C)C1N2C. The van der Waals surface area contributed by atoms with Crippen molar-refractivity contribution < 1.29 is 0 Å². The molecule has 2 saturated heterocycles. The normalized spacial score (nSPS) is 41.9. The van der Waals surface area contributed by atoms with E-state index in [0.717, 1.165) is 6.04 Å². The second-order valence-corrected chi connectivity index (χ2v) is 4.78. The van der Waals surface area contributed by atoms with E-state index < -0.39 is 0 Å². The molecule has 0 aromatic carbocycles. The highest BCUT2D eigenvalue weighted by Gasteiger charge is 2.50. The summed E-state index contributed by atoms with van der Waals surface area (Å²) >= 11 is 0. The number of rotatable bonds is 0. The molecule has 0 aromatic heterocycles. The van der Waals surface area contributed by atoms with Gasteiger partial charge in [0.15, 0.2) is 0 Å². The summed E-state index contributed by atoms with van der Waals surface area (Å²) in [5, 5.41) is 0. The molecule has 0 saturated carbocycles. The highest BCUT2D eigenvalue weighted by atomic mass is 15.2. The Kier molecular flexibility index (Phi) is 1.26. The van der Waals surface area contributed by atoms with Gasteiger partial charge in [-0.15, -0.1) is 0 Å². The Labute approximate surface area is 69.1 Å². The van der Waals surface area contributed by atoms with Gasteiger partial charge in [0.2, 0.25) is 0 Å². The van der Waals surface area contributed by atoms with Gasteiger partial charge < -0.3 is 0 Å². The van der Waals surface area contributed by atoms with Crippen LogP contribution in [0.25, 0.3) is 0 Å². The fraction of sp³-hybridized carbons (Fsp3) is 0.800. The standard InChI is InChI=1S/C10H17N/c1-7-5-8-6-10(2,3)9(7)11(8)4/h8-9H,1,5-6H2,2-4H3. The van der Waals surface area contributed by atoms with Crippen LogP contribution < -0.4 is 0 Å². The molecule has 0 amide bonds. The molecule has 2 aliphatic rings. The monoisotopic (exact) mass is 151 g/mol. The lowest BCUT2D eigenvalue weighted by atomic mass is 9.75. The van der Waals surface area contributed by atoms with Crippen LogP contribution in [0.3, 0.4) is 0 Å². The largest absolute Gasteiger partial charge is 0.296 e. The van der Waals surface area contributed by atoms with Crippen molar-refractivity contribution in [3.05, 3.63) is 12.2 Å². The average Bonchev–Trinajstić information content (AvgIpc) is 2.16. The van der Waals surface area contributed by atoms with Crippen molar-refractivity contribution in [3.8, 4) is 0 Å². The number of nitrogens with zero attached hydrogens (tertiary/aromatic N) is 1. The van der Waals surface area contributed by atoms with Crippen LogP contribution in [0.4, 0.5) is 0 Å². The second kappa shape index (κ2) is 1.89. The molecule has 2 aliphatic heterocycles. The van der Waals surface area contributed by atoms with E-state index in [2.05, 4.69) is 32.4 Å². The van der Waals surface area contributed by atoms with Gasteiger partial charge in [-0.1, -0.05) is 26.0 Å². The van der Waals surface area contributed by atoms with E-state index in [1.165, 1.54) is 18.4 Å². The zero-order chi connectivity index (χ0) is 8.22. The highest BCUT2D eigenvalue weighted by molar-refractivity contribution is 5.24. The molecule has 2 fully saturated rings. The van der Waals surface area contributed by atoms with Crippen LogP contribution in [0, 0.1) is 5.41 Å². The molecule has 0 spiro atoms. The molecule has 2 heterocycles. The third-order valence-corrected chi connectivity index (χ3v) is 3.37. The molecule has 1 nitrogen and oxygen atoms in total. The van der Waals surface area contributed by atoms with Gasteiger partial charge in [0.05, 0.1) is 0 Å². The van der Waals surface area contributed by atoms with Gasteiger partial charge in [0, 0.05) is 12.1 Å². The number of likely N-dealkylation sites (N-methyl/N-ethyl adjacent to an activating group) is 1. The minimum Gasteiger partial charge on any atom is -0.296 e. The van der Waals surface area contributed by atoms with Crippen molar-refractivity contribution in [3.63, 3.8) is 0 Å². The molecule has 2 rings (SSSR count). The van der Waals surface area contributed by atoms with Crippen molar-refractivity contribution in [1.29, 1.82) is 0 Å². The second-order valence-electron chi connectivity index (χ2n) is 4.78. The first kappa shape index (κ1) is 7.35. The molecular formula is C10H17N. The summed E-state index contributed by atoms with van der Waals surface area (Å²) in [6.45, 7) is 8.86. The first-order valence-electron chi connectivity index (χ1n) is 4.42. The van der Waals surface area contributed by atoms with Gasteiger partial charge in [-0.2, -0.15) is 0 Å². The van der Waals surface area contributed by atoms with E-state index in [9.17, 15) is 0 Å². The lowest BCUT2D eigenvalue weighted by Gasteiger charge is -2.30. The Hall–Kier alpha value is -0.300. The fourth-order valence-corrected chi connectivity index (χ4v) is 3.10. The van der Waals surface area contributed by atoms with Gasteiger partial charge in [-0.05, 0) is 25.3 Å². The zero-order valence-corrected chi connectivity index (χ0v) is 7.72. The van der Waals surface area contributed by atoms with Crippen molar-refractivity contribution in [2.45, 2.75) is 38.8 Å². The Morgan fingerprint density at radius 3 is 2.45 bits per heavy atom. The summed E-state index contributed by atoms with van der Waals surface area (Å²) in [6, 6.07) is 1.45.